The van der Waals surface area contributed by atoms with E-state index in [1.807, 2.05) is 48.6 Å². The first-order chi connectivity index (χ1) is 30.0. The van der Waals surface area contributed by atoms with Gasteiger partial charge in [0.2, 0.25) is 0 Å². The maximum Gasteiger partial charge on any atom is 0.306 e. The number of esters is 3. The molecule has 0 radical (unpaired) electrons. The van der Waals surface area contributed by atoms with E-state index >= 15 is 0 Å². The quantitative estimate of drug-likeness (QED) is 0.0263. The van der Waals surface area contributed by atoms with Gasteiger partial charge in [-0.2, -0.15) is 0 Å². The molecule has 0 bridgehead atoms. The first kappa shape index (κ1) is 57.6. The van der Waals surface area contributed by atoms with Gasteiger partial charge in [0.15, 0.2) is 6.10 Å². The first-order valence-corrected chi connectivity index (χ1v) is 25.2. The molecule has 0 N–H and O–H groups in total. The van der Waals surface area contributed by atoms with E-state index in [1.54, 1.807) is 0 Å². The number of hydrogen-bond acceptors (Lipinski definition) is 6. The van der Waals surface area contributed by atoms with Crippen molar-refractivity contribution in [3.8, 4) is 0 Å². The minimum Gasteiger partial charge on any atom is -0.462 e. The third-order valence-corrected chi connectivity index (χ3v) is 10.5. The Morgan fingerprint density at radius 2 is 0.639 bits per heavy atom. The first-order valence-electron chi connectivity index (χ1n) is 25.2. The predicted octanol–water partition coefficient (Wildman–Crippen LogP) is 16.4. The smallest absolute Gasteiger partial charge is 0.306 e. The molecule has 0 aromatic rings. The fraction of sp³-hybridized carbons (Fsp3) is 0.691. The van der Waals surface area contributed by atoms with Gasteiger partial charge in [0.05, 0.1) is 0 Å². The van der Waals surface area contributed by atoms with Gasteiger partial charge in [-0.05, 0) is 64.2 Å². The van der Waals surface area contributed by atoms with Crippen LogP contribution in [0.15, 0.2) is 85.1 Å². The van der Waals surface area contributed by atoms with E-state index in [2.05, 4.69) is 57.2 Å². The van der Waals surface area contributed by atoms with E-state index < -0.39 is 6.10 Å². The topological polar surface area (TPSA) is 78.9 Å². The van der Waals surface area contributed by atoms with Gasteiger partial charge in [0, 0.05) is 19.3 Å². The van der Waals surface area contributed by atoms with Gasteiger partial charge in [-0.25, -0.2) is 0 Å². The summed E-state index contributed by atoms with van der Waals surface area (Å²) in [4.78, 5) is 37.9. The second kappa shape index (κ2) is 49.2. The van der Waals surface area contributed by atoms with Gasteiger partial charge in [-0.1, -0.05) is 228 Å². The SMILES string of the molecule is CC\C=C/C=C\C=C/C=C\C=C/CCCCCC(=O)OCC(COC(=O)CCCCCCCCCCCCCCC)OC(=O)CCCCCCCC/C=C\C=C/CCCCC. The Kier molecular flexibility index (Phi) is 46.5. The van der Waals surface area contributed by atoms with Gasteiger partial charge in [-0.3, -0.25) is 14.4 Å². The average Bonchev–Trinajstić information content (AvgIpc) is 3.26. The number of carbonyl (C=O) groups excluding carboxylic acids is 3. The summed E-state index contributed by atoms with van der Waals surface area (Å²) in [6.45, 7) is 6.41. The van der Waals surface area contributed by atoms with Gasteiger partial charge in [0.1, 0.15) is 13.2 Å². The van der Waals surface area contributed by atoms with Crippen LogP contribution < -0.4 is 0 Å². The van der Waals surface area contributed by atoms with Crippen LogP contribution in [0.25, 0.3) is 0 Å². The summed E-state index contributed by atoms with van der Waals surface area (Å²) in [6.07, 6.45) is 62.7. The minimum atomic E-state index is -0.798. The molecule has 0 aliphatic carbocycles. The van der Waals surface area contributed by atoms with Crippen LogP contribution in [0.1, 0.15) is 226 Å². The normalized spacial score (nSPS) is 12.8. The zero-order valence-electron chi connectivity index (χ0n) is 39.7. The zero-order chi connectivity index (χ0) is 44.4. The molecular weight excluding hydrogens is 757 g/mol. The molecule has 348 valence electrons. The Balaban J connectivity index is 4.49. The predicted molar refractivity (Wildman–Crippen MR) is 261 cm³/mol. The van der Waals surface area contributed by atoms with Gasteiger partial charge in [-0.15, -0.1) is 0 Å². The molecule has 0 spiro atoms. The number of allylic oxidation sites excluding steroid dienone is 14. The summed E-state index contributed by atoms with van der Waals surface area (Å²) in [7, 11) is 0. The van der Waals surface area contributed by atoms with Crippen LogP contribution in [0, 0.1) is 0 Å². The fourth-order valence-electron chi connectivity index (χ4n) is 6.75. The number of rotatable bonds is 44. The molecule has 0 aliphatic heterocycles. The van der Waals surface area contributed by atoms with Gasteiger partial charge < -0.3 is 14.2 Å². The summed E-state index contributed by atoms with van der Waals surface area (Å²) >= 11 is 0. The molecule has 1 unspecified atom stereocenters. The standard InChI is InChI=1S/C55H92O6/c1-4-7-10-13-16-19-22-25-27-30-33-36-39-42-45-48-54(57)60-51-52(50-59-53(56)47-44-41-38-35-32-29-24-21-18-15-12-9-6-3)61-55(58)49-46-43-40-37-34-31-28-26-23-20-17-14-11-8-5-2/h7,10,13,16-17,19-20,22-23,25-27,30,33,52H,4-6,8-9,11-12,14-15,18,21,24,28-29,31-32,34-51H2,1-3H3/b10-7-,16-13-,20-17-,22-19-,26-23-,27-25-,33-30-. The molecule has 6 nitrogen and oxygen atoms in total. The maximum atomic E-state index is 12.8. The van der Waals surface area contributed by atoms with Crippen molar-refractivity contribution in [1.29, 1.82) is 0 Å². The third-order valence-electron chi connectivity index (χ3n) is 10.5. The number of unbranched alkanes of at least 4 members (excludes halogenated alkanes) is 24. The lowest BCUT2D eigenvalue weighted by molar-refractivity contribution is -0.167. The Labute approximate surface area is 375 Å². The molecule has 0 rings (SSSR count). The molecule has 1 atom stereocenters. The zero-order valence-corrected chi connectivity index (χ0v) is 39.7. The number of carbonyl (C=O) groups is 3. The molecule has 0 saturated heterocycles. The van der Waals surface area contributed by atoms with E-state index in [-0.39, 0.29) is 31.1 Å². The van der Waals surface area contributed by atoms with Crippen LogP contribution in [0.5, 0.6) is 0 Å². The lowest BCUT2D eigenvalue weighted by atomic mass is 10.0. The van der Waals surface area contributed by atoms with Crippen molar-refractivity contribution in [2.45, 2.75) is 232 Å². The maximum absolute atomic E-state index is 12.8. The average molecular weight is 849 g/mol. The second-order valence-corrected chi connectivity index (χ2v) is 16.5. The number of hydrogen-bond donors (Lipinski definition) is 0. The van der Waals surface area contributed by atoms with Crippen LogP contribution in [0.4, 0.5) is 0 Å². The van der Waals surface area contributed by atoms with Crippen molar-refractivity contribution in [1.82, 2.24) is 0 Å². The Hall–Kier alpha value is -3.41. The highest BCUT2D eigenvalue weighted by atomic mass is 16.6. The van der Waals surface area contributed by atoms with Crippen molar-refractivity contribution in [3.63, 3.8) is 0 Å². The summed E-state index contributed by atoms with van der Waals surface area (Å²) in [6, 6.07) is 0. The molecule has 0 heterocycles. The monoisotopic (exact) mass is 849 g/mol. The highest BCUT2D eigenvalue weighted by molar-refractivity contribution is 5.71. The lowest BCUT2D eigenvalue weighted by Crippen LogP contribution is -2.30. The van der Waals surface area contributed by atoms with Gasteiger partial charge >= 0.3 is 17.9 Å². The van der Waals surface area contributed by atoms with Crippen LogP contribution >= 0.6 is 0 Å². The fourth-order valence-corrected chi connectivity index (χ4v) is 6.75. The Morgan fingerprint density at radius 3 is 1.07 bits per heavy atom. The molecule has 0 aliphatic rings. The molecule has 0 aromatic carbocycles. The highest BCUT2D eigenvalue weighted by Gasteiger charge is 2.19. The molecule has 0 fully saturated rings. The van der Waals surface area contributed by atoms with Crippen molar-refractivity contribution in [2.75, 3.05) is 13.2 Å². The molecule has 61 heavy (non-hydrogen) atoms. The van der Waals surface area contributed by atoms with Crippen molar-refractivity contribution in [3.05, 3.63) is 85.1 Å². The molecule has 0 amide bonds. The van der Waals surface area contributed by atoms with E-state index in [0.29, 0.717) is 19.3 Å². The van der Waals surface area contributed by atoms with E-state index in [1.165, 1.54) is 103 Å². The summed E-state index contributed by atoms with van der Waals surface area (Å²) in [5.41, 5.74) is 0. The Bertz CT molecular complexity index is 1200. The third kappa shape index (κ3) is 47.5. The van der Waals surface area contributed by atoms with Gasteiger partial charge in [0.25, 0.3) is 0 Å². The van der Waals surface area contributed by atoms with E-state index in [4.69, 9.17) is 14.2 Å². The van der Waals surface area contributed by atoms with Crippen LogP contribution in [-0.4, -0.2) is 37.2 Å². The van der Waals surface area contributed by atoms with Crippen molar-refractivity contribution >= 4 is 17.9 Å². The van der Waals surface area contributed by atoms with Crippen LogP contribution in [0.3, 0.4) is 0 Å². The Morgan fingerprint density at radius 1 is 0.344 bits per heavy atom. The molecule has 0 aromatic heterocycles. The lowest BCUT2D eigenvalue weighted by Gasteiger charge is -2.18. The van der Waals surface area contributed by atoms with Crippen LogP contribution in [0.2, 0.25) is 0 Å². The van der Waals surface area contributed by atoms with E-state index in [9.17, 15) is 14.4 Å². The van der Waals surface area contributed by atoms with Crippen molar-refractivity contribution in [2.24, 2.45) is 0 Å². The molecule has 6 heteroatoms. The largest absolute Gasteiger partial charge is 0.462 e. The molecule has 0 saturated carbocycles. The summed E-state index contributed by atoms with van der Waals surface area (Å²) < 4.78 is 16.7. The van der Waals surface area contributed by atoms with Crippen molar-refractivity contribution < 1.29 is 28.6 Å². The molecular formula is C55H92O6. The number of ether oxygens (including phenoxy) is 3. The highest BCUT2D eigenvalue weighted by Crippen LogP contribution is 2.15. The summed E-state index contributed by atoms with van der Waals surface area (Å²) in [5.74, 6) is -0.950. The van der Waals surface area contributed by atoms with E-state index in [0.717, 1.165) is 83.5 Å². The second-order valence-electron chi connectivity index (χ2n) is 16.5. The van der Waals surface area contributed by atoms with Crippen LogP contribution in [-0.2, 0) is 28.6 Å². The summed E-state index contributed by atoms with van der Waals surface area (Å²) in [5, 5.41) is 0. The minimum absolute atomic E-state index is 0.0943.